The zero-order valence-electron chi connectivity index (χ0n) is 10.1. The topological polar surface area (TPSA) is 38.0 Å². The van der Waals surface area contributed by atoms with E-state index in [-0.39, 0.29) is 23.8 Å². The Balaban J connectivity index is 0.00000144. The van der Waals surface area contributed by atoms with Gasteiger partial charge in [0, 0.05) is 18.6 Å². The number of nitrogens with one attached hydrogen (secondary N) is 1. The molecule has 1 atom stereocenters. The molecule has 4 heteroatoms. The average Bonchev–Trinajstić information content (AvgIpc) is 3.10. The Labute approximate surface area is 108 Å². The van der Waals surface area contributed by atoms with Crippen LogP contribution < -0.4 is 11.1 Å². The van der Waals surface area contributed by atoms with Gasteiger partial charge in [-0.1, -0.05) is 12.1 Å². The summed E-state index contributed by atoms with van der Waals surface area (Å²) in [6.07, 6.45) is 2.51. The van der Waals surface area contributed by atoms with E-state index in [9.17, 15) is 4.39 Å². The average molecular weight is 259 g/mol. The molecule has 0 aliphatic heterocycles. The van der Waals surface area contributed by atoms with Gasteiger partial charge < -0.3 is 11.1 Å². The van der Waals surface area contributed by atoms with Crippen LogP contribution in [0, 0.1) is 11.7 Å². The molecule has 0 amide bonds. The Morgan fingerprint density at radius 3 is 2.71 bits per heavy atom. The fraction of sp³-hybridized carbons (Fsp3) is 0.538. The first kappa shape index (κ1) is 14.4. The molecule has 1 aromatic carbocycles. The summed E-state index contributed by atoms with van der Waals surface area (Å²) >= 11 is 0. The summed E-state index contributed by atoms with van der Waals surface area (Å²) in [5.74, 6) is 0.506. The molecule has 0 bridgehead atoms. The highest BCUT2D eigenvalue weighted by molar-refractivity contribution is 5.85. The van der Waals surface area contributed by atoms with Gasteiger partial charge >= 0.3 is 0 Å². The maximum atomic E-state index is 13.0. The lowest BCUT2D eigenvalue weighted by Gasteiger charge is -2.29. The molecule has 0 saturated heterocycles. The van der Waals surface area contributed by atoms with Gasteiger partial charge in [-0.2, -0.15) is 0 Å². The van der Waals surface area contributed by atoms with E-state index in [4.69, 9.17) is 5.73 Å². The van der Waals surface area contributed by atoms with Crippen LogP contribution in [0.1, 0.15) is 25.3 Å². The second-order valence-corrected chi connectivity index (χ2v) is 4.88. The molecule has 1 aromatic rings. The summed E-state index contributed by atoms with van der Waals surface area (Å²) in [7, 11) is 0. The zero-order chi connectivity index (χ0) is 11.6. The third-order valence-corrected chi connectivity index (χ3v) is 3.49. The molecule has 0 radical (unpaired) electrons. The lowest BCUT2D eigenvalue weighted by atomic mass is 9.95. The van der Waals surface area contributed by atoms with Crippen LogP contribution >= 0.6 is 12.4 Å². The third kappa shape index (κ3) is 3.66. The van der Waals surface area contributed by atoms with Gasteiger partial charge in [0.2, 0.25) is 0 Å². The highest BCUT2D eigenvalue weighted by Crippen LogP contribution is 2.39. The van der Waals surface area contributed by atoms with Gasteiger partial charge in [-0.3, -0.25) is 0 Å². The van der Waals surface area contributed by atoms with Gasteiger partial charge in [-0.25, -0.2) is 4.39 Å². The Morgan fingerprint density at radius 1 is 1.47 bits per heavy atom. The van der Waals surface area contributed by atoms with Crippen LogP contribution in [0.25, 0.3) is 0 Å². The van der Waals surface area contributed by atoms with Crippen molar-refractivity contribution in [1.82, 2.24) is 5.32 Å². The van der Waals surface area contributed by atoms with Gasteiger partial charge in [0.25, 0.3) is 0 Å². The summed E-state index contributed by atoms with van der Waals surface area (Å²) in [4.78, 5) is 0. The molecular formula is C13H20ClFN2. The van der Waals surface area contributed by atoms with Crippen LogP contribution in [-0.4, -0.2) is 12.1 Å². The summed E-state index contributed by atoms with van der Waals surface area (Å²) < 4.78 is 13.0. The highest BCUT2D eigenvalue weighted by Gasteiger charge is 2.39. The van der Waals surface area contributed by atoms with Crippen molar-refractivity contribution in [3.05, 3.63) is 35.6 Å². The molecule has 1 aliphatic rings. The highest BCUT2D eigenvalue weighted by atomic mass is 35.5. The van der Waals surface area contributed by atoms with Crippen LogP contribution in [0.3, 0.4) is 0 Å². The minimum atomic E-state index is -0.180. The van der Waals surface area contributed by atoms with Crippen molar-refractivity contribution in [1.29, 1.82) is 0 Å². The second kappa shape index (κ2) is 5.80. The molecule has 2 rings (SSSR count). The van der Waals surface area contributed by atoms with Crippen molar-refractivity contribution in [2.45, 2.75) is 31.8 Å². The fourth-order valence-electron chi connectivity index (χ4n) is 2.05. The van der Waals surface area contributed by atoms with Crippen LogP contribution in [0.15, 0.2) is 24.3 Å². The maximum Gasteiger partial charge on any atom is 0.123 e. The third-order valence-electron chi connectivity index (χ3n) is 3.49. The number of rotatable bonds is 5. The zero-order valence-corrected chi connectivity index (χ0v) is 10.9. The first-order chi connectivity index (χ1) is 7.64. The summed E-state index contributed by atoms with van der Waals surface area (Å²) in [6.45, 7) is 3.47. The van der Waals surface area contributed by atoms with Crippen molar-refractivity contribution in [2.75, 3.05) is 6.54 Å². The maximum absolute atomic E-state index is 13.0. The quantitative estimate of drug-likeness (QED) is 0.852. The first-order valence-corrected chi connectivity index (χ1v) is 5.83. The Bertz CT molecular complexity index is 368. The van der Waals surface area contributed by atoms with Crippen molar-refractivity contribution < 1.29 is 4.39 Å². The van der Waals surface area contributed by atoms with Gasteiger partial charge in [0.15, 0.2) is 0 Å². The first-order valence-electron chi connectivity index (χ1n) is 5.83. The molecule has 1 saturated carbocycles. The van der Waals surface area contributed by atoms with Gasteiger partial charge in [0.1, 0.15) is 5.82 Å². The van der Waals surface area contributed by atoms with E-state index in [1.165, 1.54) is 18.9 Å². The monoisotopic (exact) mass is 258 g/mol. The van der Waals surface area contributed by atoms with E-state index < -0.39 is 0 Å². The number of halogens is 2. The molecule has 0 spiro atoms. The Kier molecular flexibility index (Phi) is 4.92. The van der Waals surface area contributed by atoms with Gasteiger partial charge in [-0.05, 0) is 43.4 Å². The molecule has 1 aliphatic carbocycles. The summed E-state index contributed by atoms with van der Waals surface area (Å²) in [5, 5.41) is 3.46. The smallest absolute Gasteiger partial charge is 0.123 e. The van der Waals surface area contributed by atoms with Crippen LogP contribution in [-0.2, 0) is 6.54 Å². The number of benzene rings is 1. The molecule has 0 heterocycles. The lowest BCUT2D eigenvalue weighted by Crippen LogP contribution is -2.50. The Morgan fingerprint density at radius 2 is 2.18 bits per heavy atom. The van der Waals surface area contributed by atoms with Crippen molar-refractivity contribution in [3.8, 4) is 0 Å². The number of nitrogens with two attached hydrogens (primary N) is 1. The Hall–Kier alpha value is -0.640. The second-order valence-electron chi connectivity index (χ2n) is 4.88. The van der Waals surface area contributed by atoms with E-state index >= 15 is 0 Å². The van der Waals surface area contributed by atoms with E-state index in [1.807, 2.05) is 6.07 Å². The van der Waals surface area contributed by atoms with Crippen LogP contribution in [0.5, 0.6) is 0 Å². The minimum Gasteiger partial charge on any atom is -0.329 e. The molecule has 1 fully saturated rings. The van der Waals surface area contributed by atoms with Crippen molar-refractivity contribution >= 4 is 12.4 Å². The van der Waals surface area contributed by atoms with E-state index in [0.29, 0.717) is 19.0 Å². The van der Waals surface area contributed by atoms with Crippen LogP contribution in [0.2, 0.25) is 0 Å². The minimum absolute atomic E-state index is 0. The molecule has 0 aromatic heterocycles. The standard InChI is InChI=1S/C13H19FN2.ClH/c1-13(9-15,11-5-6-11)16-8-10-3-2-4-12(14)7-10;/h2-4,7,11,16H,5-6,8-9,15H2,1H3;1H. The van der Waals surface area contributed by atoms with Gasteiger partial charge in [0.05, 0.1) is 0 Å². The fourth-order valence-corrected chi connectivity index (χ4v) is 2.05. The molecule has 1 unspecified atom stereocenters. The van der Waals surface area contributed by atoms with E-state index in [1.54, 1.807) is 12.1 Å². The molecule has 96 valence electrons. The van der Waals surface area contributed by atoms with Crippen molar-refractivity contribution in [2.24, 2.45) is 11.7 Å². The summed E-state index contributed by atoms with van der Waals surface area (Å²) in [5.41, 5.74) is 6.78. The van der Waals surface area contributed by atoms with Crippen molar-refractivity contribution in [3.63, 3.8) is 0 Å². The lowest BCUT2D eigenvalue weighted by molar-refractivity contribution is 0.317. The molecule has 17 heavy (non-hydrogen) atoms. The predicted octanol–water partition coefficient (Wildman–Crippen LogP) is 2.46. The SMILES string of the molecule is CC(CN)(NCc1cccc(F)c1)C1CC1.Cl. The van der Waals surface area contributed by atoms with E-state index in [2.05, 4.69) is 12.2 Å². The largest absolute Gasteiger partial charge is 0.329 e. The molecule has 2 nitrogen and oxygen atoms in total. The summed E-state index contributed by atoms with van der Waals surface area (Å²) in [6, 6.07) is 6.70. The number of hydrogen-bond donors (Lipinski definition) is 2. The predicted molar refractivity (Wildman–Crippen MR) is 70.7 cm³/mol. The number of hydrogen-bond acceptors (Lipinski definition) is 2. The molecule has 3 N–H and O–H groups in total. The normalized spacial score (nSPS) is 18.3. The van der Waals surface area contributed by atoms with Gasteiger partial charge in [-0.15, -0.1) is 12.4 Å². The molecular weight excluding hydrogens is 239 g/mol. The van der Waals surface area contributed by atoms with E-state index in [0.717, 1.165) is 5.56 Å². The van der Waals surface area contributed by atoms with Crippen LogP contribution in [0.4, 0.5) is 4.39 Å².